The molecule has 0 saturated heterocycles. The third-order valence-electron chi connectivity index (χ3n) is 2.37. The molecular formula is C13H18N2O2S. The first kappa shape index (κ1) is 14.7. The van der Waals surface area contributed by atoms with E-state index in [4.69, 9.17) is 10.00 Å². The van der Waals surface area contributed by atoms with Gasteiger partial charge in [-0.15, -0.1) is 0 Å². The van der Waals surface area contributed by atoms with E-state index < -0.39 is 10.8 Å². The second-order valence-corrected chi connectivity index (χ2v) is 5.42. The summed E-state index contributed by atoms with van der Waals surface area (Å²) in [6.07, 6.45) is 2.61. The molecular weight excluding hydrogens is 248 g/mol. The van der Waals surface area contributed by atoms with Crippen LogP contribution in [0.25, 0.3) is 0 Å². The summed E-state index contributed by atoms with van der Waals surface area (Å²) in [4.78, 5) is 0. The number of benzene rings is 1. The van der Waals surface area contributed by atoms with Crippen molar-refractivity contribution in [3.8, 4) is 11.8 Å². The Morgan fingerprint density at radius 3 is 2.94 bits per heavy atom. The molecule has 0 aliphatic rings. The fourth-order valence-electron chi connectivity index (χ4n) is 1.52. The van der Waals surface area contributed by atoms with E-state index in [-0.39, 0.29) is 6.61 Å². The minimum Gasteiger partial charge on any atom is -0.478 e. The molecule has 1 rings (SSSR count). The van der Waals surface area contributed by atoms with Crippen molar-refractivity contribution in [1.82, 2.24) is 5.32 Å². The van der Waals surface area contributed by atoms with Crippen molar-refractivity contribution in [2.75, 3.05) is 25.2 Å². The van der Waals surface area contributed by atoms with Crippen LogP contribution in [0.4, 0.5) is 0 Å². The highest BCUT2D eigenvalue weighted by atomic mass is 32.2. The lowest BCUT2D eigenvalue weighted by molar-refractivity contribution is 0.362. The molecule has 5 heteroatoms. The fraction of sp³-hybridized carbons (Fsp3) is 0.462. The fourth-order valence-corrected chi connectivity index (χ4v) is 2.08. The van der Waals surface area contributed by atoms with Gasteiger partial charge in [0.2, 0.25) is 0 Å². The molecule has 4 nitrogen and oxygen atoms in total. The Bertz CT molecular complexity index is 429. The first-order valence-corrected chi connectivity index (χ1v) is 7.55. The first-order valence-electron chi connectivity index (χ1n) is 5.82. The van der Waals surface area contributed by atoms with Crippen molar-refractivity contribution in [3.63, 3.8) is 0 Å². The van der Waals surface area contributed by atoms with Crippen molar-refractivity contribution >= 4 is 10.8 Å². The van der Waals surface area contributed by atoms with Gasteiger partial charge in [0.15, 0.2) is 6.61 Å². The van der Waals surface area contributed by atoms with E-state index in [9.17, 15) is 4.21 Å². The van der Waals surface area contributed by atoms with Crippen molar-refractivity contribution < 1.29 is 8.95 Å². The van der Waals surface area contributed by atoms with Crippen molar-refractivity contribution in [3.05, 3.63) is 29.8 Å². The first-order chi connectivity index (χ1) is 8.74. The number of nitriles is 1. The molecule has 1 unspecified atom stereocenters. The van der Waals surface area contributed by atoms with Crippen molar-refractivity contribution in [1.29, 1.82) is 5.26 Å². The lowest BCUT2D eigenvalue weighted by Crippen LogP contribution is -2.17. The highest BCUT2D eigenvalue weighted by molar-refractivity contribution is 7.84. The Kier molecular flexibility index (Phi) is 7.07. The normalized spacial score (nSPS) is 11.8. The van der Waals surface area contributed by atoms with Gasteiger partial charge in [-0.3, -0.25) is 4.21 Å². The lowest BCUT2D eigenvalue weighted by atomic mass is 10.2. The Balaban J connectivity index is 2.37. The monoisotopic (exact) mass is 266 g/mol. The van der Waals surface area contributed by atoms with Gasteiger partial charge in [-0.1, -0.05) is 18.2 Å². The topological polar surface area (TPSA) is 62.1 Å². The van der Waals surface area contributed by atoms with Crippen LogP contribution in [-0.4, -0.2) is 29.4 Å². The van der Waals surface area contributed by atoms with Crippen LogP contribution >= 0.6 is 0 Å². The minimum atomic E-state index is -0.723. The minimum absolute atomic E-state index is 0.0613. The van der Waals surface area contributed by atoms with E-state index in [0.29, 0.717) is 6.54 Å². The molecule has 1 aromatic carbocycles. The van der Waals surface area contributed by atoms with Gasteiger partial charge in [-0.25, -0.2) is 0 Å². The molecule has 1 aromatic rings. The maximum absolute atomic E-state index is 10.9. The van der Waals surface area contributed by atoms with E-state index in [1.165, 1.54) is 0 Å². The molecule has 1 atom stereocenters. The predicted molar refractivity (Wildman–Crippen MR) is 72.8 cm³/mol. The zero-order valence-corrected chi connectivity index (χ0v) is 11.3. The SMILES string of the molecule is CS(=O)CCCNCc1ccccc1OCC#N. The van der Waals surface area contributed by atoms with Crippen molar-refractivity contribution in [2.24, 2.45) is 0 Å². The zero-order valence-electron chi connectivity index (χ0n) is 10.5. The quantitative estimate of drug-likeness (QED) is 0.723. The van der Waals surface area contributed by atoms with Gasteiger partial charge in [0.05, 0.1) is 0 Å². The number of nitrogens with one attached hydrogen (secondary N) is 1. The smallest absolute Gasteiger partial charge is 0.174 e. The van der Waals surface area contributed by atoms with Gasteiger partial charge in [-0.05, 0) is 19.0 Å². The number of hydrogen-bond donors (Lipinski definition) is 1. The predicted octanol–water partition coefficient (Wildman–Crippen LogP) is 1.45. The molecule has 0 spiro atoms. The lowest BCUT2D eigenvalue weighted by Gasteiger charge is -2.09. The number of rotatable bonds is 8. The molecule has 0 aliphatic heterocycles. The second kappa shape index (κ2) is 8.67. The van der Waals surface area contributed by atoms with E-state index in [1.807, 2.05) is 30.3 Å². The van der Waals surface area contributed by atoms with E-state index in [2.05, 4.69) is 5.32 Å². The molecule has 98 valence electrons. The summed E-state index contributed by atoms with van der Waals surface area (Å²) >= 11 is 0. The molecule has 0 saturated carbocycles. The highest BCUT2D eigenvalue weighted by Crippen LogP contribution is 2.17. The summed E-state index contributed by atoms with van der Waals surface area (Å²) in [5.74, 6) is 1.46. The van der Waals surface area contributed by atoms with Gasteiger partial charge in [-0.2, -0.15) is 5.26 Å². The van der Waals surface area contributed by atoms with Crippen LogP contribution in [0.5, 0.6) is 5.75 Å². The van der Waals surface area contributed by atoms with E-state index in [0.717, 1.165) is 30.0 Å². The molecule has 0 bridgehead atoms. The maximum atomic E-state index is 10.9. The molecule has 0 fully saturated rings. The number of para-hydroxylation sites is 1. The Hall–Kier alpha value is -1.38. The average molecular weight is 266 g/mol. The summed E-state index contributed by atoms with van der Waals surface area (Å²) in [6.45, 7) is 1.58. The third kappa shape index (κ3) is 5.80. The molecule has 0 aromatic heterocycles. The molecule has 0 heterocycles. The van der Waals surface area contributed by atoms with Crippen LogP contribution in [0, 0.1) is 11.3 Å². The van der Waals surface area contributed by atoms with Crippen LogP contribution in [0.15, 0.2) is 24.3 Å². The maximum Gasteiger partial charge on any atom is 0.174 e. The second-order valence-electron chi connectivity index (χ2n) is 3.86. The average Bonchev–Trinajstić information content (AvgIpc) is 2.36. The largest absolute Gasteiger partial charge is 0.478 e. The molecule has 0 radical (unpaired) electrons. The zero-order chi connectivity index (χ0) is 13.2. The Morgan fingerprint density at radius 1 is 1.44 bits per heavy atom. The summed E-state index contributed by atoms with van der Waals surface area (Å²) in [6, 6.07) is 9.61. The molecule has 18 heavy (non-hydrogen) atoms. The van der Waals surface area contributed by atoms with E-state index in [1.54, 1.807) is 6.26 Å². The van der Waals surface area contributed by atoms with Gasteiger partial charge < -0.3 is 10.1 Å². The summed E-state index contributed by atoms with van der Waals surface area (Å²) in [5.41, 5.74) is 1.03. The third-order valence-corrected chi connectivity index (χ3v) is 3.23. The highest BCUT2D eigenvalue weighted by Gasteiger charge is 2.02. The van der Waals surface area contributed by atoms with Crippen LogP contribution in [0.1, 0.15) is 12.0 Å². The summed E-state index contributed by atoms with van der Waals surface area (Å²) in [5, 5.41) is 11.8. The van der Waals surface area contributed by atoms with Crippen LogP contribution in [-0.2, 0) is 17.3 Å². The van der Waals surface area contributed by atoms with Gasteiger partial charge in [0.1, 0.15) is 11.8 Å². The molecule has 1 N–H and O–H groups in total. The van der Waals surface area contributed by atoms with E-state index >= 15 is 0 Å². The molecule has 0 aliphatic carbocycles. The number of nitrogens with zero attached hydrogens (tertiary/aromatic N) is 1. The van der Waals surface area contributed by atoms with Crippen LogP contribution in [0.3, 0.4) is 0 Å². The van der Waals surface area contributed by atoms with Gasteiger partial charge >= 0.3 is 0 Å². The summed E-state index contributed by atoms with van der Waals surface area (Å²) in [7, 11) is -0.723. The van der Waals surface area contributed by atoms with Crippen LogP contribution in [0.2, 0.25) is 0 Å². The van der Waals surface area contributed by atoms with Gasteiger partial charge in [0.25, 0.3) is 0 Å². The number of hydrogen-bond acceptors (Lipinski definition) is 4. The Labute approximate surface area is 110 Å². The summed E-state index contributed by atoms with van der Waals surface area (Å²) < 4.78 is 16.2. The van der Waals surface area contributed by atoms with Crippen LogP contribution < -0.4 is 10.1 Å². The standard InChI is InChI=1S/C13H18N2O2S/c1-18(16)10-4-8-15-11-12-5-2-3-6-13(12)17-9-7-14/h2-3,5-6,15H,4,8-11H2,1H3. The Morgan fingerprint density at radius 2 is 2.22 bits per heavy atom. The van der Waals surface area contributed by atoms with Crippen molar-refractivity contribution in [2.45, 2.75) is 13.0 Å². The van der Waals surface area contributed by atoms with Gasteiger partial charge in [0, 0.05) is 34.9 Å². The number of ether oxygens (including phenoxy) is 1. The molecule has 0 amide bonds.